The Hall–Kier alpha value is -3.35. The molecule has 0 radical (unpaired) electrons. The van der Waals surface area contributed by atoms with Crippen LogP contribution in [0.25, 0.3) is 5.57 Å². The van der Waals surface area contributed by atoms with Crippen molar-refractivity contribution in [2.45, 2.75) is 13.8 Å². The Labute approximate surface area is 187 Å². The zero-order valence-corrected chi connectivity index (χ0v) is 17.9. The van der Waals surface area contributed by atoms with Crippen molar-refractivity contribution in [2.24, 2.45) is 0 Å². The maximum Gasteiger partial charge on any atom is 0.339 e. The number of halogens is 2. The van der Waals surface area contributed by atoms with Crippen LogP contribution < -0.4 is 0 Å². The van der Waals surface area contributed by atoms with Gasteiger partial charge in [0, 0.05) is 15.6 Å². The van der Waals surface area contributed by atoms with Crippen molar-refractivity contribution >= 4 is 46.5 Å². The summed E-state index contributed by atoms with van der Waals surface area (Å²) < 4.78 is 0. The number of aryl methyl sites for hydroxylation is 1. The number of hydrogen-bond acceptors (Lipinski definition) is 4. The highest BCUT2D eigenvalue weighted by atomic mass is 35.5. The molecule has 0 amide bonds. The van der Waals surface area contributed by atoms with Gasteiger partial charge in [-0.05, 0) is 78.1 Å². The molecule has 31 heavy (non-hydrogen) atoms. The van der Waals surface area contributed by atoms with Crippen molar-refractivity contribution in [3.63, 3.8) is 0 Å². The lowest BCUT2D eigenvalue weighted by molar-refractivity contribution is -0.134. The molecular weight excluding hydrogens is 443 g/mol. The average molecular weight is 459 g/mol. The summed E-state index contributed by atoms with van der Waals surface area (Å²) in [5.41, 5.74) is 0.989. The third-order valence-corrected chi connectivity index (χ3v) is 5.46. The normalized spacial score (nSPS) is 15.3. The molecule has 1 aliphatic rings. The molecule has 8 heteroatoms. The quantitative estimate of drug-likeness (QED) is 0.552. The fourth-order valence-corrected chi connectivity index (χ4v) is 3.94. The standard InChI is InChI=1S/C23H16Cl2O6/c1-10-6-12(8-14(20(10)26)22(28)29)18(19-16(24)4-3-5-17(19)25)13-7-11(2)21(27)15(9-13)23(30)31/h3-9,26H,1-2H3,(H,28,29)(H,30,31). The maximum atomic E-state index is 12.3. The summed E-state index contributed by atoms with van der Waals surface area (Å²) in [5, 5.41) is 29.6. The maximum absolute atomic E-state index is 12.3. The Morgan fingerprint density at radius 3 is 2.10 bits per heavy atom. The van der Waals surface area contributed by atoms with Gasteiger partial charge in [-0.2, -0.15) is 0 Å². The fraction of sp³-hybridized carbons (Fsp3) is 0.0870. The second kappa shape index (κ2) is 8.41. The van der Waals surface area contributed by atoms with Crippen LogP contribution in [0.15, 0.2) is 59.2 Å². The first-order valence-electron chi connectivity index (χ1n) is 8.96. The number of rotatable bonds is 4. The van der Waals surface area contributed by atoms with Crippen LogP contribution in [0.5, 0.6) is 5.75 Å². The summed E-state index contributed by atoms with van der Waals surface area (Å²) in [7, 11) is 0. The predicted octanol–water partition coefficient (Wildman–Crippen LogP) is 5.05. The zero-order chi connectivity index (χ0) is 23.0. The monoisotopic (exact) mass is 458 g/mol. The molecule has 2 aromatic carbocycles. The van der Waals surface area contributed by atoms with Crippen molar-refractivity contribution in [3.05, 3.63) is 91.5 Å². The lowest BCUT2D eigenvalue weighted by Gasteiger charge is -2.19. The van der Waals surface area contributed by atoms with Crippen LogP contribution >= 0.6 is 23.2 Å². The summed E-state index contributed by atoms with van der Waals surface area (Å²) in [6.45, 7) is 3.01. The van der Waals surface area contributed by atoms with Crippen LogP contribution in [0, 0.1) is 6.92 Å². The average Bonchev–Trinajstić information content (AvgIpc) is 2.68. The molecule has 3 N–H and O–H groups in total. The highest BCUT2D eigenvalue weighted by molar-refractivity contribution is 6.38. The number of carboxylic acid groups (broad SMARTS) is 2. The van der Waals surface area contributed by atoms with Gasteiger partial charge >= 0.3 is 11.9 Å². The van der Waals surface area contributed by atoms with Gasteiger partial charge in [0.2, 0.25) is 0 Å². The largest absolute Gasteiger partial charge is 0.507 e. The number of Topliss-reactive ketones (excluding diaryl/α,β-unsaturated/α-hetero) is 1. The van der Waals surface area contributed by atoms with Crippen LogP contribution in [0.4, 0.5) is 0 Å². The molecule has 3 rings (SSSR count). The molecule has 0 aliphatic heterocycles. The van der Waals surface area contributed by atoms with E-state index in [1.807, 2.05) is 0 Å². The van der Waals surface area contributed by atoms with Crippen molar-refractivity contribution in [1.82, 2.24) is 0 Å². The molecule has 0 atom stereocenters. The van der Waals surface area contributed by atoms with E-state index in [4.69, 9.17) is 23.2 Å². The van der Waals surface area contributed by atoms with E-state index < -0.39 is 29.0 Å². The molecule has 0 unspecified atom stereocenters. The van der Waals surface area contributed by atoms with Gasteiger partial charge in [0.05, 0.1) is 0 Å². The predicted molar refractivity (Wildman–Crippen MR) is 117 cm³/mol. The van der Waals surface area contributed by atoms with Crippen LogP contribution in [-0.4, -0.2) is 33.0 Å². The highest BCUT2D eigenvalue weighted by Gasteiger charge is 2.27. The van der Waals surface area contributed by atoms with Crippen molar-refractivity contribution in [1.29, 1.82) is 0 Å². The Kier molecular flexibility index (Phi) is 6.06. The van der Waals surface area contributed by atoms with E-state index in [1.54, 1.807) is 18.2 Å². The smallest absolute Gasteiger partial charge is 0.339 e. The Morgan fingerprint density at radius 2 is 1.55 bits per heavy atom. The minimum atomic E-state index is -1.40. The Balaban J connectivity index is 2.50. The molecule has 2 aromatic rings. The van der Waals surface area contributed by atoms with Gasteiger partial charge in [0.15, 0.2) is 5.78 Å². The first-order valence-corrected chi connectivity index (χ1v) is 9.72. The Morgan fingerprint density at radius 1 is 0.935 bits per heavy atom. The number of phenols is 1. The second-order valence-corrected chi connectivity index (χ2v) is 7.76. The first-order chi connectivity index (χ1) is 14.5. The molecule has 0 saturated carbocycles. The molecule has 6 nitrogen and oxygen atoms in total. The lowest BCUT2D eigenvalue weighted by Crippen LogP contribution is -2.17. The first kappa shape index (κ1) is 22.3. The molecule has 1 aliphatic carbocycles. The van der Waals surface area contributed by atoms with E-state index in [9.17, 15) is 29.7 Å². The summed E-state index contributed by atoms with van der Waals surface area (Å²) >= 11 is 12.8. The van der Waals surface area contributed by atoms with Crippen molar-refractivity contribution in [3.8, 4) is 5.75 Å². The van der Waals surface area contributed by atoms with Gasteiger partial charge in [-0.15, -0.1) is 0 Å². The van der Waals surface area contributed by atoms with Gasteiger partial charge in [-0.25, -0.2) is 9.59 Å². The molecule has 0 fully saturated rings. The van der Waals surface area contributed by atoms with Gasteiger partial charge in [-0.1, -0.05) is 29.3 Å². The topological polar surface area (TPSA) is 112 Å². The number of benzene rings is 2. The van der Waals surface area contributed by atoms with Gasteiger partial charge in [0.25, 0.3) is 0 Å². The number of ketones is 1. The molecule has 158 valence electrons. The van der Waals surface area contributed by atoms with E-state index in [0.29, 0.717) is 22.3 Å². The van der Waals surface area contributed by atoms with Crippen molar-refractivity contribution < 1.29 is 29.7 Å². The van der Waals surface area contributed by atoms with Crippen molar-refractivity contribution in [2.75, 3.05) is 0 Å². The van der Waals surface area contributed by atoms with E-state index >= 15 is 0 Å². The fourth-order valence-electron chi connectivity index (χ4n) is 3.36. The number of carbonyl (C=O) groups is 3. The van der Waals surface area contributed by atoms with Gasteiger partial charge in [0.1, 0.15) is 16.9 Å². The number of aliphatic carboxylic acids is 1. The van der Waals surface area contributed by atoms with E-state index in [1.165, 1.54) is 38.1 Å². The summed E-state index contributed by atoms with van der Waals surface area (Å²) in [6, 6.07) is 7.59. The third kappa shape index (κ3) is 4.13. The minimum absolute atomic E-state index is 0.185. The van der Waals surface area contributed by atoms with Crippen LogP contribution in [0.2, 0.25) is 10.0 Å². The molecular formula is C23H16Cl2O6. The van der Waals surface area contributed by atoms with E-state index in [2.05, 4.69) is 0 Å². The third-order valence-electron chi connectivity index (χ3n) is 4.83. The van der Waals surface area contributed by atoms with Crippen LogP contribution in [-0.2, 0) is 9.59 Å². The summed E-state index contributed by atoms with van der Waals surface area (Å²) in [6.07, 6.45) is 2.70. The molecule has 0 heterocycles. The lowest BCUT2D eigenvalue weighted by atomic mass is 9.85. The number of hydrogen-bond donors (Lipinski definition) is 3. The highest BCUT2D eigenvalue weighted by Crippen LogP contribution is 2.41. The second-order valence-electron chi connectivity index (χ2n) is 6.94. The van der Waals surface area contributed by atoms with Crippen LogP contribution in [0.1, 0.15) is 34.0 Å². The van der Waals surface area contributed by atoms with Crippen LogP contribution in [0.3, 0.4) is 0 Å². The summed E-state index contributed by atoms with van der Waals surface area (Å²) in [4.78, 5) is 35.6. The SMILES string of the molecule is CC1=CC(=C(c2cc(C)c(O)c(C(=O)O)c2)c2c(Cl)cccc2Cl)C=C(C(=O)O)C1=O. The molecule has 0 aromatic heterocycles. The van der Waals surface area contributed by atoms with Gasteiger partial charge < -0.3 is 15.3 Å². The van der Waals surface area contributed by atoms with E-state index in [-0.39, 0.29) is 26.7 Å². The minimum Gasteiger partial charge on any atom is -0.507 e. The number of carbonyl (C=O) groups excluding carboxylic acids is 1. The van der Waals surface area contributed by atoms with Gasteiger partial charge in [-0.3, -0.25) is 4.79 Å². The zero-order valence-electron chi connectivity index (χ0n) is 16.4. The Bertz CT molecular complexity index is 1230. The van der Waals surface area contributed by atoms with E-state index in [0.717, 1.165) is 0 Å². The molecule has 0 saturated heterocycles. The number of aromatic carboxylic acids is 1. The number of aromatic hydroxyl groups is 1. The summed E-state index contributed by atoms with van der Waals surface area (Å²) in [5.74, 6) is -3.76. The number of allylic oxidation sites excluding steroid dienone is 4. The molecule has 0 bridgehead atoms. The number of carboxylic acids is 2. The molecule has 0 spiro atoms.